The molecule has 0 aliphatic carbocycles. The predicted octanol–water partition coefficient (Wildman–Crippen LogP) is 7.35. The number of fused-ring (bicyclic) bond motifs is 1. The number of hydrogen-bond donors (Lipinski definition) is 0. The van der Waals surface area contributed by atoms with E-state index in [1.807, 2.05) is 24.3 Å². The lowest BCUT2D eigenvalue weighted by atomic mass is 10.1. The van der Waals surface area contributed by atoms with Crippen LogP contribution in [0, 0.1) is 5.82 Å². The van der Waals surface area contributed by atoms with Crippen LogP contribution in [0.4, 0.5) is 4.39 Å². The molecule has 0 amide bonds. The van der Waals surface area contributed by atoms with E-state index in [4.69, 9.17) is 9.05 Å². The Hall–Kier alpha value is -1.04. The van der Waals surface area contributed by atoms with Crippen LogP contribution in [0.15, 0.2) is 53.0 Å². The Kier molecular flexibility index (Phi) is 6.88. The molecule has 3 nitrogen and oxygen atoms in total. The van der Waals surface area contributed by atoms with Crippen molar-refractivity contribution < 1.29 is 18.0 Å². The Bertz CT molecular complexity index is 948. The smallest absolute Gasteiger partial charge is 0.308 e. The molecule has 0 fully saturated rings. The Labute approximate surface area is 171 Å². The maximum Gasteiger partial charge on any atom is 0.339 e. The zero-order chi connectivity index (χ0) is 19.4. The van der Waals surface area contributed by atoms with Crippen LogP contribution in [0.25, 0.3) is 10.1 Å². The summed E-state index contributed by atoms with van der Waals surface area (Å²) in [5.41, 5.74) is 0.403. The normalized spacial score (nSPS) is 13.2. The van der Waals surface area contributed by atoms with Gasteiger partial charge in [0, 0.05) is 19.4 Å². The molecule has 1 heterocycles. The van der Waals surface area contributed by atoms with Crippen molar-refractivity contribution in [2.24, 2.45) is 0 Å². The average molecular weight is 471 g/mol. The third kappa shape index (κ3) is 4.52. The van der Waals surface area contributed by atoms with E-state index in [0.29, 0.717) is 19.6 Å². The standard InChI is InChI=1S/C20H21BrFO3PS/c1-3-24-26(23,25-4-2)17(13-14-9-11-15(22)12-10-14)20-19(21)16-7-5-6-8-18(16)27-20/h5-12,17H,3-4,13H2,1-2H3. The molecule has 0 saturated heterocycles. The molecule has 27 heavy (non-hydrogen) atoms. The number of hydrogen-bond acceptors (Lipinski definition) is 4. The molecule has 144 valence electrons. The first-order valence-corrected chi connectivity index (χ1v) is 12.0. The first kappa shape index (κ1) is 20.7. The summed E-state index contributed by atoms with van der Waals surface area (Å²) in [6, 6.07) is 14.3. The van der Waals surface area contributed by atoms with Crippen molar-refractivity contribution in [3.63, 3.8) is 0 Å². The van der Waals surface area contributed by atoms with Crippen molar-refractivity contribution in [3.05, 3.63) is 69.3 Å². The Morgan fingerprint density at radius 3 is 2.30 bits per heavy atom. The zero-order valence-corrected chi connectivity index (χ0v) is 18.5. The molecule has 2 aromatic carbocycles. The van der Waals surface area contributed by atoms with Gasteiger partial charge in [-0.2, -0.15) is 0 Å². The van der Waals surface area contributed by atoms with Crippen LogP contribution in [0.1, 0.15) is 29.9 Å². The maximum atomic E-state index is 13.7. The van der Waals surface area contributed by atoms with Crippen LogP contribution < -0.4 is 0 Å². The SMILES string of the molecule is CCOP(=O)(OCC)C(Cc1ccc(F)cc1)c1sc2ccccc2c1Br. The molecular weight excluding hydrogens is 450 g/mol. The van der Waals surface area contributed by atoms with Crippen molar-refractivity contribution in [2.75, 3.05) is 13.2 Å². The molecule has 1 atom stereocenters. The van der Waals surface area contributed by atoms with Gasteiger partial charge in [-0.1, -0.05) is 30.3 Å². The molecule has 1 aromatic heterocycles. The minimum atomic E-state index is -3.42. The predicted molar refractivity (Wildman–Crippen MR) is 113 cm³/mol. The largest absolute Gasteiger partial charge is 0.339 e. The van der Waals surface area contributed by atoms with Gasteiger partial charge in [-0.25, -0.2) is 4.39 Å². The molecule has 1 unspecified atom stereocenters. The maximum absolute atomic E-state index is 13.7. The van der Waals surface area contributed by atoms with Crippen LogP contribution in [0.3, 0.4) is 0 Å². The molecule has 0 bridgehead atoms. The van der Waals surface area contributed by atoms with E-state index in [9.17, 15) is 8.96 Å². The van der Waals surface area contributed by atoms with Crippen molar-refractivity contribution in [3.8, 4) is 0 Å². The fraction of sp³-hybridized carbons (Fsp3) is 0.300. The van der Waals surface area contributed by atoms with E-state index in [2.05, 4.69) is 15.9 Å². The summed E-state index contributed by atoms with van der Waals surface area (Å²) in [5, 5.41) is 1.07. The second-order valence-electron chi connectivity index (χ2n) is 6.00. The molecule has 7 heteroatoms. The second-order valence-corrected chi connectivity index (χ2v) is 10.1. The number of rotatable bonds is 8. The fourth-order valence-electron chi connectivity index (χ4n) is 3.02. The van der Waals surface area contributed by atoms with Gasteiger partial charge in [0.25, 0.3) is 0 Å². The van der Waals surface area contributed by atoms with Gasteiger partial charge in [0.2, 0.25) is 0 Å². The van der Waals surface area contributed by atoms with Crippen molar-refractivity contribution >= 4 is 44.9 Å². The molecule has 0 aliphatic rings. The highest BCUT2D eigenvalue weighted by Gasteiger charge is 2.39. The highest BCUT2D eigenvalue weighted by molar-refractivity contribution is 9.10. The van der Waals surface area contributed by atoms with Crippen molar-refractivity contribution in [2.45, 2.75) is 25.9 Å². The van der Waals surface area contributed by atoms with Crippen molar-refractivity contribution in [1.82, 2.24) is 0 Å². The highest BCUT2D eigenvalue weighted by atomic mass is 79.9. The molecule has 0 aliphatic heterocycles. The third-order valence-corrected chi connectivity index (χ3v) is 9.22. The lowest BCUT2D eigenvalue weighted by Crippen LogP contribution is -2.09. The van der Waals surface area contributed by atoms with E-state index in [1.54, 1.807) is 37.3 Å². The minimum Gasteiger partial charge on any atom is -0.308 e. The van der Waals surface area contributed by atoms with Gasteiger partial charge >= 0.3 is 7.60 Å². The molecule has 0 N–H and O–H groups in total. The first-order chi connectivity index (χ1) is 13.0. The number of thiophene rings is 1. The van der Waals surface area contributed by atoms with E-state index < -0.39 is 13.3 Å². The van der Waals surface area contributed by atoms with E-state index >= 15 is 0 Å². The minimum absolute atomic E-state index is 0.291. The molecule has 0 saturated carbocycles. The first-order valence-electron chi connectivity index (χ1n) is 8.78. The Balaban J connectivity index is 2.11. The molecular formula is C20H21BrFO3PS. The molecule has 0 spiro atoms. The summed E-state index contributed by atoms with van der Waals surface area (Å²) < 4.78 is 40.4. The van der Waals surface area contributed by atoms with Crippen LogP contribution in [0.2, 0.25) is 0 Å². The monoisotopic (exact) mass is 470 g/mol. The molecule has 0 radical (unpaired) electrons. The molecule has 3 rings (SSSR count). The third-order valence-electron chi connectivity index (χ3n) is 4.20. The summed E-state index contributed by atoms with van der Waals surface area (Å²) in [6.07, 6.45) is 0.434. The zero-order valence-electron chi connectivity index (χ0n) is 15.2. The topological polar surface area (TPSA) is 35.5 Å². The quantitative estimate of drug-likeness (QED) is 0.322. The molecule has 3 aromatic rings. The van der Waals surface area contributed by atoms with Gasteiger partial charge in [-0.3, -0.25) is 4.57 Å². The lowest BCUT2D eigenvalue weighted by molar-refractivity contribution is 0.212. The van der Waals surface area contributed by atoms with E-state index in [-0.39, 0.29) is 5.82 Å². The van der Waals surface area contributed by atoms with Crippen LogP contribution in [-0.4, -0.2) is 13.2 Å². The summed E-state index contributed by atoms with van der Waals surface area (Å²) >= 11 is 5.27. The van der Waals surface area contributed by atoms with E-state index in [1.165, 1.54) is 12.1 Å². The number of benzene rings is 2. The van der Waals surface area contributed by atoms with Gasteiger partial charge in [0.15, 0.2) is 0 Å². The van der Waals surface area contributed by atoms with Crippen molar-refractivity contribution in [1.29, 1.82) is 0 Å². The van der Waals surface area contributed by atoms with Gasteiger partial charge in [-0.15, -0.1) is 11.3 Å². The number of halogens is 2. The van der Waals surface area contributed by atoms with Gasteiger partial charge in [0.1, 0.15) is 11.5 Å². The summed E-state index contributed by atoms with van der Waals surface area (Å²) in [5.74, 6) is -0.295. The Morgan fingerprint density at radius 1 is 1.07 bits per heavy atom. The second kappa shape index (κ2) is 8.97. The average Bonchev–Trinajstić information content (AvgIpc) is 2.98. The van der Waals surface area contributed by atoms with Crippen LogP contribution in [-0.2, 0) is 20.0 Å². The Morgan fingerprint density at radius 2 is 1.70 bits per heavy atom. The fourth-order valence-corrected chi connectivity index (χ4v) is 7.82. The van der Waals surface area contributed by atoms with Gasteiger partial charge in [0.05, 0.1) is 13.2 Å². The van der Waals surface area contributed by atoms with Gasteiger partial charge in [-0.05, 0) is 60.0 Å². The van der Waals surface area contributed by atoms with E-state index in [0.717, 1.165) is 25.0 Å². The van der Waals surface area contributed by atoms with Gasteiger partial charge < -0.3 is 9.05 Å². The summed E-state index contributed by atoms with van der Waals surface area (Å²) in [4.78, 5) is 0.922. The van der Waals surface area contributed by atoms with Crippen LogP contribution in [0.5, 0.6) is 0 Å². The summed E-state index contributed by atoms with van der Waals surface area (Å²) in [6.45, 7) is 4.20. The highest BCUT2D eigenvalue weighted by Crippen LogP contribution is 2.64. The van der Waals surface area contributed by atoms with Crippen LogP contribution >= 0.6 is 34.9 Å². The summed E-state index contributed by atoms with van der Waals surface area (Å²) in [7, 11) is -3.42. The lowest BCUT2D eigenvalue weighted by Gasteiger charge is -2.26.